The van der Waals surface area contributed by atoms with Gasteiger partial charge in [0.2, 0.25) is 5.91 Å². The maximum absolute atomic E-state index is 15.4. The standard InChI is InChI=1S/C27H24ClFN6O4/c1-38-18-11-19(39-2)24(29)22(23(18)28)16-4-5-17(26-25(16)31-7-8-32-26)27(37)34-20-6-3-15(12-33-20)13-35-10-9-30-21(36)14-35/h3-8,11-12H,9-10,13-14H2,1-2H3,(H,30,36)(H,33,34,37). The molecule has 12 heteroatoms. The van der Waals surface area contributed by atoms with Gasteiger partial charge in [-0.1, -0.05) is 23.7 Å². The number of rotatable bonds is 7. The van der Waals surface area contributed by atoms with Gasteiger partial charge >= 0.3 is 0 Å². The SMILES string of the molecule is COc1cc(OC)c(Cl)c(-c2ccc(C(=O)Nc3ccc(CN4CCNC(=O)C4)cn3)c3nccnc23)c1F. The minimum atomic E-state index is -0.693. The molecule has 1 fully saturated rings. The molecule has 39 heavy (non-hydrogen) atoms. The maximum atomic E-state index is 15.4. The van der Waals surface area contributed by atoms with Crippen molar-refractivity contribution in [3.05, 3.63) is 70.9 Å². The van der Waals surface area contributed by atoms with Crippen molar-refractivity contribution < 1.29 is 23.5 Å². The number of carbonyl (C=O) groups is 2. The Labute approximate surface area is 228 Å². The lowest BCUT2D eigenvalue weighted by atomic mass is 9.99. The molecule has 4 aromatic rings. The largest absolute Gasteiger partial charge is 0.495 e. The fourth-order valence-corrected chi connectivity index (χ4v) is 4.74. The molecule has 1 aliphatic rings. The molecule has 0 spiro atoms. The number of benzene rings is 2. The summed E-state index contributed by atoms with van der Waals surface area (Å²) in [5.74, 6) is -0.649. The number of fused-ring (bicyclic) bond motifs is 1. The highest BCUT2D eigenvalue weighted by atomic mass is 35.5. The van der Waals surface area contributed by atoms with Crippen LogP contribution in [0.5, 0.6) is 11.5 Å². The van der Waals surface area contributed by atoms with Crippen LogP contribution in [-0.2, 0) is 11.3 Å². The highest BCUT2D eigenvalue weighted by molar-refractivity contribution is 6.35. The van der Waals surface area contributed by atoms with Gasteiger partial charge in [-0.2, -0.15) is 0 Å². The first kappa shape index (κ1) is 26.3. The summed E-state index contributed by atoms with van der Waals surface area (Å²) in [7, 11) is 2.76. The fourth-order valence-electron chi connectivity index (χ4n) is 4.42. The number of hydrogen-bond acceptors (Lipinski definition) is 8. The van der Waals surface area contributed by atoms with Crippen molar-refractivity contribution in [3.8, 4) is 22.6 Å². The van der Waals surface area contributed by atoms with Crippen LogP contribution in [0, 0.1) is 5.82 Å². The van der Waals surface area contributed by atoms with E-state index in [0.717, 1.165) is 12.1 Å². The molecule has 0 radical (unpaired) electrons. The third-order valence-electron chi connectivity index (χ3n) is 6.30. The monoisotopic (exact) mass is 550 g/mol. The van der Waals surface area contributed by atoms with E-state index in [0.29, 0.717) is 31.0 Å². The molecule has 200 valence electrons. The predicted molar refractivity (Wildman–Crippen MR) is 144 cm³/mol. The van der Waals surface area contributed by atoms with E-state index in [1.807, 2.05) is 11.0 Å². The first-order chi connectivity index (χ1) is 18.9. The summed E-state index contributed by atoms with van der Waals surface area (Å²) in [6.07, 6.45) is 4.55. The molecule has 2 N–H and O–H groups in total. The van der Waals surface area contributed by atoms with Crippen LogP contribution in [0.1, 0.15) is 15.9 Å². The molecule has 0 bridgehead atoms. The Balaban J connectivity index is 1.43. The van der Waals surface area contributed by atoms with Gasteiger partial charge in [0.15, 0.2) is 11.6 Å². The van der Waals surface area contributed by atoms with E-state index in [2.05, 4.69) is 25.6 Å². The summed E-state index contributed by atoms with van der Waals surface area (Å²) in [6, 6.07) is 7.98. The fraction of sp³-hybridized carbons (Fsp3) is 0.222. The van der Waals surface area contributed by atoms with E-state index < -0.39 is 11.7 Å². The highest BCUT2D eigenvalue weighted by Crippen LogP contribution is 2.44. The molecule has 0 saturated carbocycles. The average Bonchev–Trinajstić information content (AvgIpc) is 2.94. The van der Waals surface area contributed by atoms with Crippen molar-refractivity contribution in [1.29, 1.82) is 0 Å². The van der Waals surface area contributed by atoms with E-state index in [1.165, 1.54) is 38.7 Å². The van der Waals surface area contributed by atoms with E-state index >= 15 is 4.39 Å². The van der Waals surface area contributed by atoms with Crippen LogP contribution >= 0.6 is 11.6 Å². The van der Waals surface area contributed by atoms with Gasteiger partial charge in [0.05, 0.1) is 36.9 Å². The van der Waals surface area contributed by atoms with Crippen LogP contribution in [0.25, 0.3) is 22.2 Å². The molecule has 5 rings (SSSR count). The van der Waals surface area contributed by atoms with Crippen molar-refractivity contribution in [1.82, 2.24) is 25.2 Å². The van der Waals surface area contributed by atoms with E-state index in [1.54, 1.807) is 18.3 Å². The lowest BCUT2D eigenvalue weighted by molar-refractivity contribution is -0.124. The summed E-state index contributed by atoms with van der Waals surface area (Å²) in [5, 5.41) is 5.60. The smallest absolute Gasteiger partial charge is 0.259 e. The van der Waals surface area contributed by atoms with Gasteiger partial charge in [0.1, 0.15) is 17.1 Å². The number of piperazine rings is 1. The highest BCUT2D eigenvalue weighted by Gasteiger charge is 2.24. The van der Waals surface area contributed by atoms with Crippen LogP contribution in [0.4, 0.5) is 10.2 Å². The Hall–Kier alpha value is -4.35. The average molecular weight is 551 g/mol. The third-order valence-corrected chi connectivity index (χ3v) is 6.68. The number of nitrogens with zero attached hydrogens (tertiary/aromatic N) is 4. The summed E-state index contributed by atoms with van der Waals surface area (Å²) < 4.78 is 25.8. The Kier molecular flexibility index (Phi) is 7.53. The number of carbonyl (C=O) groups excluding carboxylic acids is 2. The van der Waals surface area contributed by atoms with Gasteiger partial charge in [-0.3, -0.25) is 24.5 Å². The van der Waals surface area contributed by atoms with Crippen molar-refractivity contribution in [2.45, 2.75) is 6.54 Å². The number of amides is 2. The first-order valence-electron chi connectivity index (χ1n) is 12.0. The molecule has 1 saturated heterocycles. The zero-order valence-electron chi connectivity index (χ0n) is 21.1. The van der Waals surface area contributed by atoms with Crippen LogP contribution in [-0.4, -0.2) is 65.5 Å². The van der Waals surface area contributed by atoms with Gasteiger partial charge in [-0.15, -0.1) is 0 Å². The van der Waals surface area contributed by atoms with Gasteiger partial charge in [-0.05, 0) is 17.7 Å². The van der Waals surface area contributed by atoms with E-state index in [9.17, 15) is 9.59 Å². The number of nitrogens with one attached hydrogen (secondary N) is 2. The van der Waals surface area contributed by atoms with Crippen LogP contribution in [0.15, 0.2) is 48.9 Å². The Morgan fingerprint density at radius 2 is 1.87 bits per heavy atom. The number of halogens is 2. The molecule has 1 aliphatic heterocycles. The second-order valence-electron chi connectivity index (χ2n) is 8.76. The molecule has 0 atom stereocenters. The predicted octanol–water partition coefficient (Wildman–Crippen LogP) is 3.69. The molecular weight excluding hydrogens is 527 g/mol. The summed E-state index contributed by atoms with van der Waals surface area (Å²) >= 11 is 6.49. The molecule has 0 aliphatic carbocycles. The molecular formula is C27H24ClFN6O4. The number of anilines is 1. The summed E-state index contributed by atoms with van der Waals surface area (Å²) in [6.45, 7) is 2.27. The van der Waals surface area contributed by atoms with Gasteiger partial charge in [-0.25, -0.2) is 9.37 Å². The maximum Gasteiger partial charge on any atom is 0.259 e. The third kappa shape index (κ3) is 5.31. The molecule has 2 aromatic carbocycles. The number of aromatic nitrogens is 3. The zero-order chi connectivity index (χ0) is 27.5. The number of methoxy groups -OCH3 is 2. The van der Waals surface area contributed by atoms with Crippen molar-refractivity contribution in [3.63, 3.8) is 0 Å². The lowest BCUT2D eigenvalue weighted by Crippen LogP contribution is -2.47. The molecule has 2 amide bonds. The molecule has 10 nitrogen and oxygen atoms in total. The quantitative estimate of drug-likeness (QED) is 0.358. The lowest BCUT2D eigenvalue weighted by Gasteiger charge is -2.26. The van der Waals surface area contributed by atoms with Crippen LogP contribution in [0.2, 0.25) is 5.02 Å². The Bertz CT molecular complexity index is 1540. The van der Waals surface area contributed by atoms with Crippen LogP contribution < -0.4 is 20.1 Å². The summed E-state index contributed by atoms with van der Waals surface area (Å²) in [4.78, 5) is 39.9. The normalized spacial score (nSPS) is 13.7. The topological polar surface area (TPSA) is 119 Å². The molecule has 2 aromatic heterocycles. The van der Waals surface area contributed by atoms with Gasteiger partial charge < -0.3 is 20.1 Å². The van der Waals surface area contributed by atoms with Gasteiger partial charge in [0, 0.05) is 55.4 Å². The number of hydrogen-bond donors (Lipinski definition) is 2. The minimum absolute atomic E-state index is 0.00464. The Morgan fingerprint density at radius 3 is 2.56 bits per heavy atom. The Morgan fingerprint density at radius 1 is 1.10 bits per heavy atom. The van der Waals surface area contributed by atoms with E-state index in [-0.39, 0.29) is 44.6 Å². The second-order valence-corrected chi connectivity index (χ2v) is 9.14. The number of ether oxygens (including phenoxy) is 2. The van der Waals surface area contributed by atoms with Crippen molar-refractivity contribution in [2.75, 3.05) is 39.2 Å². The van der Waals surface area contributed by atoms with Gasteiger partial charge in [0.25, 0.3) is 5.91 Å². The van der Waals surface area contributed by atoms with Crippen molar-refractivity contribution >= 4 is 40.3 Å². The minimum Gasteiger partial charge on any atom is -0.495 e. The van der Waals surface area contributed by atoms with E-state index in [4.69, 9.17) is 21.1 Å². The molecule has 0 unspecified atom stereocenters. The zero-order valence-corrected chi connectivity index (χ0v) is 21.9. The molecule has 3 heterocycles. The number of pyridine rings is 1. The van der Waals surface area contributed by atoms with Crippen molar-refractivity contribution in [2.24, 2.45) is 0 Å². The van der Waals surface area contributed by atoms with Crippen LogP contribution in [0.3, 0.4) is 0 Å². The first-order valence-corrected chi connectivity index (χ1v) is 12.4. The second kappa shape index (κ2) is 11.2. The summed E-state index contributed by atoms with van der Waals surface area (Å²) in [5.41, 5.74) is 2.01.